The summed E-state index contributed by atoms with van der Waals surface area (Å²) in [5, 5.41) is 3.49. The largest absolute Gasteiger partial charge is 0.361 e. The minimum Gasteiger partial charge on any atom is -0.361 e. The maximum Gasteiger partial charge on any atom is 0.261 e. The number of benzene rings is 2. The van der Waals surface area contributed by atoms with Crippen molar-refractivity contribution in [2.24, 2.45) is 0 Å². The number of carbonyl (C=O) groups is 3. The van der Waals surface area contributed by atoms with Crippen LogP contribution >= 0.6 is 0 Å². The van der Waals surface area contributed by atoms with Crippen molar-refractivity contribution >= 4 is 38.6 Å². The number of rotatable bonds is 8. The standard InChI is InChI=1S/C23H27N5O5S/c1-15-8-10-18(11-9-15)34(32,33)28(3)14-22(30)26-27-23(31)21(25-16(2)29)12-17-13-24-20-7-5-4-6-19(17)20/h4-11,13,21,24H,12,14H2,1-3H3,(H,25,29)(H,26,30)(H,27,31). The second-order valence-corrected chi connectivity index (χ2v) is 9.97. The van der Waals surface area contributed by atoms with Gasteiger partial charge in [-0.2, -0.15) is 4.31 Å². The summed E-state index contributed by atoms with van der Waals surface area (Å²) in [6, 6.07) is 12.8. The van der Waals surface area contributed by atoms with Crippen LogP contribution in [0.2, 0.25) is 0 Å². The molecule has 0 radical (unpaired) electrons. The third kappa shape index (κ3) is 6.00. The van der Waals surface area contributed by atoms with Crippen molar-refractivity contribution in [1.29, 1.82) is 0 Å². The third-order valence-electron chi connectivity index (χ3n) is 5.21. The van der Waals surface area contributed by atoms with Crippen LogP contribution in [-0.4, -0.2) is 55.1 Å². The van der Waals surface area contributed by atoms with E-state index in [4.69, 9.17) is 0 Å². The molecule has 0 bridgehead atoms. The fourth-order valence-corrected chi connectivity index (χ4v) is 4.54. The van der Waals surface area contributed by atoms with E-state index in [0.717, 1.165) is 26.3 Å². The highest BCUT2D eigenvalue weighted by Crippen LogP contribution is 2.19. The Morgan fingerprint density at radius 1 is 1.03 bits per heavy atom. The lowest BCUT2D eigenvalue weighted by molar-refractivity contribution is -0.131. The number of aromatic amines is 1. The summed E-state index contributed by atoms with van der Waals surface area (Å²) < 4.78 is 26.2. The normalized spacial score (nSPS) is 12.4. The van der Waals surface area contributed by atoms with E-state index in [0.29, 0.717) is 0 Å². The van der Waals surface area contributed by atoms with E-state index in [-0.39, 0.29) is 11.3 Å². The summed E-state index contributed by atoms with van der Waals surface area (Å²) in [6.07, 6.45) is 1.95. The molecule has 1 aromatic heterocycles. The zero-order valence-electron chi connectivity index (χ0n) is 19.1. The van der Waals surface area contributed by atoms with Gasteiger partial charge in [-0.1, -0.05) is 35.9 Å². The minimum atomic E-state index is -3.88. The van der Waals surface area contributed by atoms with Gasteiger partial charge in [0.1, 0.15) is 6.04 Å². The van der Waals surface area contributed by atoms with Gasteiger partial charge in [-0.3, -0.25) is 25.2 Å². The highest BCUT2D eigenvalue weighted by molar-refractivity contribution is 7.89. The van der Waals surface area contributed by atoms with Crippen molar-refractivity contribution in [1.82, 2.24) is 25.5 Å². The smallest absolute Gasteiger partial charge is 0.261 e. The number of nitrogens with one attached hydrogen (secondary N) is 4. The average Bonchev–Trinajstić information content (AvgIpc) is 3.20. The SMILES string of the molecule is CC(=O)NC(Cc1c[nH]c2ccccc12)C(=O)NNC(=O)CN(C)S(=O)(=O)c1ccc(C)cc1. The molecular formula is C23H27N5O5S. The fourth-order valence-electron chi connectivity index (χ4n) is 3.41. The maximum atomic E-state index is 12.7. The van der Waals surface area contributed by atoms with Crippen molar-refractivity contribution in [2.45, 2.75) is 31.2 Å². The first-order valence-electron chi connectivity index (χ1n) is 10.5. The van der Waals surface area contributed by atoms with Crippen molar-refractivity contribution in [3.8, 4) is 0 Å². The molecule has 0 aliphatic carbocycles. The van der Waals surface area contributed by atoms with Crippen LogP contribution in [0.3, 0.4) is 0 Å². The number of fused-ring (bicyclic) bond motifs is 1. The first kappa shape index (κ1) is 24.9. The molecule has 11 heteroatoms. The lowest BCUT2D eigenvalue weighted by atomic mass is 10.0. The highest BCUT2D eigenvalue weighted by Gasteiger charge is 2.25. The third-order valence-corrected chi connectivity index (χ3v) is 7.03. The molecule has 0 spiro atoms. The number of para-hydroxylation sites is 1. The minimum absolute atomic E-state index is 0.0573. The zero-order chi connectivity index (χ0) is 24.9. The number of sulfonamides is 1. The zero-order valence-corrected chi connectivity index (χ0v) is 19.9. The van der Waals surface area contributed by atoms with Crippen LogP contribution < -0.4 is 16.2 Å². The van der Waals surface area contributed by atoms with Gasteiger partial charge >= 0.3 is 0 Å². The predicted octanol–water partition coefficient (Wildman–Crippen LogP) is 0.992. The molecule has 0 aliphatic rings. The van der Waals surface area contributed by atoms with E-state index in [1.54, 1.807) is 18.3 Å². The van der Waals surface area contributed by atoms with Crippen LogP contribution in [0.5, 0.6) is 0 Å². The van der Waals surface area contributed by atoms with E-state index in [1.165, 1.54) is 26.1 Å². The monoisotopic (exact) mass is 485 g/mol. The second-order valence-electron chi connectivity index (χ2n) is 7.93. The van der Waals surface area contributed by atoms with Crippen molar-refractivity contribution in [3.05, 3.63) is 65.9 Å². The van der Waals surface area contributed by atoms with Gasteiger partial charge in [0, 0.05) is 37.5 Å². The Balaban J connectivity index is 1.61. The van der Waals surface area contributed by atoms with E-state index in [2.05, 4.69) is 21.2 Å². The molecule has 1 unspecified atom stereocenters. The van der Waals surface area contributed by atoms with Crippen molar-refractivity contribution < 1.29 is 22.8 Å². The number of aryl methyl sites for hydroxylation is 1. The van der Waals surface area contributed by atoms with Gasteiger partial charge in [-0.25, -0.2) is 8.42 Å². The molecule has 1 heterocycles. The Labute approximate surface area is 197 Å². The summed E-state index contributed by atoms with van der Waals surface area (Å²) in [5.74, 6) is -1.78. The number of aromatic nitrogens is 1. The summed E-state index contributed by atoms with van der Waals surface area (Å²) in [7, 11) is -2.61. The van der Waals surface area contributed by atoms with Crippen molar-refractivity contribution in [2.75, 3.05) is 13.6 Å². The predicted molar refractivity (Wildman–Crippen MR) is 127 cm³/mol. The molecule has 4 N–H and O–H groups in total. The number of likely N-dealkylation sites (N-methyl/N-ethyl adjacent to an activating group) is 1. The van der Waals surface area contributed by atoms with Crippen LogP contribution in [-0.2, 0) is 30.8 Å². The molecule has 3 aromatic rings. The van der Waals surface area contributed by atoms with Gasteiger partial charge in [-0.05, 0) is 30.7 Å². The number of nitrogens with zero attached hydrogens (tertiary/aromatic N) is 1. The highest BCUT2D eigenvalue weighted by atomic mass is 32.2. The molecule has 34 heavy (non-hydrogen) atoms. The molecule has 3 amide bonds. The molecule has 3 rings (SSSR count). The van der Waals surface area contributed by atoms with E-state index in [9.17, 15) is 22.8 Å². The van der Waals surface area contributed by atoms with Crippen LogP contribution in [0.15, 0.2) is 59.6 Å². The van der Waals surface area contributed by atoms with Gasteiger partial charge < -0.3 is 10.3 Å². The van der Waals surface area contributed by atoms with Gasteiger partial charge in [0.2, 0.25) is 15.9 Å². The number of carbonyl (C=O) groups excluding carboxylic acids is 3. The number of hydrogen-bond acceptors (Lipinski definition) is 5. The molecule has 0 saturated carbocycles. The van der Waals surface area contributed by atoms with E-state index >= 15 is 0 Å². The first-order chi connectivity index (χ1) is 16.1. The van der Waals surface area contributed by atoms with E-state index in [1.807, 2.05) is 31.2 Å². The summed E-state index contributed by atoms with van der Waals surface area (Å²) in [4.78, 5) is 39.8. The molecule has 10 nitrogen and oxygen atoms in total. The topological polar surface area (TPSA) is 140 Å². The van der Waals surface area contributed by atoms with Crippen LogP contribution in [0.25, 0.3) is 10.9 Å². The lowest BCUT2D eigenvalue weighted by Crippen LogP contribution is -2.54. The van der Waals surface area contributed by atoms with Crippen molar-refractivity contribution in [3.63, 3.8) is 0 Å². The first-order valence-corrected chi connectivity index (χ1v) is 12.0. The van der Waals surface area contributed by atoms with Gasteiger partial charge in [-0.15, -0.1) is 0 Å². The van der Waals surface area contributed by atoms with E-state index < -0.39 is 40.3 Å². The van der Waals surface area contributed by atoms with Crippen LogP contribution in [0.4, 0.5) is 0 Å². The van der Waals surface area contributed by atoms with Gasteiger partial charge in [0.25, 0.3) is 11.8 Å². The second kappa shape index (κ2) is 10.5. The van der Waals surface area contributed by atoms with Crippen LogP contribution in [0.1, 0.15) is 18.1 Å². The Kier molecular flexibility index (Phi) is 7.69. The average molecular weight is 486 g/mol. The molecule has 1 atom stereocenters. The summed E-state index contributed by atoms with van der Waals surface area (Å²) in [5.41, 5.74) is 7.10. The quantitative estimate of drug-likeness (QED) is 0.352. The molecule has 2 aromatic carbocycles. The van der Waals surface area contributed by atoms with Gasteiger partial charge in [0.15, 0.2) is 0 Å². The van der Waals surface area contributed by atoms with Crippen LogP contribution in [0, 0.1) is 6.92 Å². The lowest BCUT2D eigenvalue weighted by Gasteiger charge is -2.19. The molecule has 0 aliphatic heterocycles. The Morgan fingerprint density at radius 2 is 1.71 bits per heavy atom. The summed E-state index contributed by atoms with van der Waals surface area (Å²) >= 11 is 0. The molecule has 180 valence electrons. The Hall–Kier alpha value is -3.70. The Morgan fingerprint density at radius 3 is 2.38 bits per heavy atom. The number of hydrogen-bond donors (Lipinski definition) is 4. The summed E-state index contributed by atoms with van der Waals surface area (Å²) in [6.45, 7) is 2.62. The number of hydrazine groups is 1. The molecular weight excluding hydrogens is 458 g/mol. The Bertz CT molecular complexity index is 1300. The number of amides is 3. The van der Waals surface area contributed by atoms with Gasteiger partial charge in [0.05, 0.1) is 11.4 Å². The molecule has 0 saturated heterocycles. The fraction of sp³-hybridized carbons (Fsp3) is 0.261. The maximum absolute atomic E-state index is 12.7. The number of H-pyrrole nitrogens is 1. The molecule has 0 fully saturated rings.